The predicted octanol–water partition coefficient (Wildman–Crippen LogP) is 2.85. The lowest BCUT2D eigenvalue weighted by atomic mass is 10.2. The van der Waals surface area contributed by atoms with Crippen molar-refractivity contribution in [1.82, 2.24) is 0 Å². The van der Waals surface area contributed by atoms with E-state index in [9.17, 15) is 0 Å². The monoisotopic (exact) mass is 256 g/mol. The minimum Gasteiger partial charge on any atom is -0.494 e. The summed E-state index contributed by atoms with van der Waals surface area (Å²) in [5, 5.41) is 8.63. The van der Waals surface area contributed by atoms with Crippen LogP contribution in [0.25, 0.3) is 6.08 Å². The largest absolute Gasteiger partial charge is 0.494 e. The Morgan fingerprint density at radius 2 is 2.29 bits per heavy atom. The summed E-state index contributed by atoms with van der Waals surface area (Å²) in [5.74, 6) is 0.848. The molecule has 0 aromatic heterocycles. The molecule has 2 nitrogen and oxygen atoms in total. The standard InChI is InChI=1S/C11H13BrO2/c1-2-14-10-6-5-9(4-3-7-13)11(12)8-10/h3-6,8,13H,2,7H2,1H3. The Labute approximate surface area is 92.3 Å². The maximum atomic E-state index is 8.63. The molecule has 1 N–H and O–H groups in total. The second-order valence-corrected chi connectivity index (χ2v) is 3.56. The summed E-state index contributed by atoms with van der Waals surface area (Å²) in [4.78, 5) is 0. The van der Waals surface area contributed by atoms with Crippen LogP contribution in [0, 0.1) is 0 Å². The first-order valence-electron chi connectivity index (χ1n) is 4.47. The quantitative estimate of drug-likeness (QED) is 0.898. The molecule has 76 valence electrons. The first-order chi connectivity index (χ1) is 6.77. The van der Waals surface area contributed by atoms with Gasteiger partial charge in [0.25, 0.3) is 0 Å². The fraction of sp³-hybridized carbons (Fsp3) is 0.273. The maximum Gasteiger partial charge on any atom is 0.120 e. The summed E-state index contributed by atoms with van der Waals surface area (Å²) in [6, 6.07) is 5.77. The number of rotatable bonds is 4. The smallest absolute Gasteiger partial charge is 0.120 e. The molecule has 0 unspecified atom stereocenters. The van der Waals surface area contributed by atoms with Crippen molar-refractivity contribution in [2.24, 2.45) is 0 Å². The summed E-state index contributed by atoms with van der Waals surface area (Å²) >= 11 is 3.43. The lowest BCUT2D eigenvalue weighted by Crippen LogP contribution is -1.91. The summed E-state index contributed by atoms with van der Waals surface area (Å²) in [5.41, 5.74) is 1.03. The van der Waals surface area contributed by atoms with Crippen molar-refractivity contribution >= 4 is 22.0 Å². The Morgan fingerprint density at radius 1 is 1.50 bits per heavy atom. The summed E-state index contributed by atoms with van der Waals surface area (Å²) < 4.78 is 6.31. The Balaban J connectivity index is 2.84. The third kappa shape index (κ3) is 3.16. The van der Waals surface area contributed by atoms with E-state index in [0.717, 1.165) is 15.8 Å². The van der Waals surface area contributed by atoms with Gasteiger partial charge in [0.1, 0.15) is 5.75 Å². The van der Waals surface area contributed by atoms with Crippen molar-refractivity contribution in [1.29, 1.82) is 0 Å². The van der Waals surface area contributed by atoms with Crippen LogP contribution in [0.1, 0.15) is 12.5 Å². The molecular formula is C11H13BrO2. The van der Waals surface area contributed by atoms with Crippen LogP contribution in [-0.2, 0) is 0 Å². The van der Waals surface area contributed by atoms with E-state index in [1.807, 2.05) is 31.2 Å². The van der Waals surface area contributed by atoms with Crippen molar-refractivity contribution in [2.75, 3.05) is 13.2 Å². The normalized spacial score (nSPS) is 10.8. The van der Waals surface area contributed by atoms with Gasteiger partial charge in [-0.1, -0.05) is 34.1 Å². The van der Waals surface area contributed by atoms with Crippen LogP contribution in [0.3, 0.4) is 0 Å². The molecule has 0 heterocycles. The second kappa shape index (κ2) is 5.83. The van der Waals surface area contributed by atoms with Crippen LogP contribution in [-0.4, -0.2) is 18.3 Å². The summed E-state index contributed by atoms with van der Waals surface area (Å²) in [6.07, 6.45) is 3.56. The highest BCUT2D eigenvalue weighted by molar-refractivity contribution is 9.10. The van der Waals surface area contributed by atoms with Crippen molar-refractivity contribution in [3.05, 3.63) is 34.3 Å². The summed E-state index contributed by atoms with van der Waals surface area (Å²) in [6.45, 7) is 2.67. The molecule has 14 heavy (non-hydrogen) atoms. The average molecular weight is 257 g/mol. The minimum atomic E-state index is 0.0552. The van der Waals surface area contributed by atoms with E-state index in [-0.39, 0.29) is 6.61 Å². The van der Waals surface area contributed by atoms with Crippen LogP contribution < -0.4 is 4.74 Å². The van der Waals surface area contributed by atoms with E-state index < -0.39 is 0 Å². The Hall–Kier alpha value is -0.800. The Morgan fingerprint density at radius 3 is 2.86 bits per heavy atom. The van der Waals surface area contributed by atoms with Crippen molar-refractivity contribution in [2.45, 2.75) is 6.92 Å². The van der Waals surface area contributed by atoms with E-state index >= 15 is 0 Å². The average Bonchev–Trinajstić information content (AvgIpc) is 2.17. The number of benzene rings is 1. The molecule has 0 saturated heterocycles. The van der Waals surface area contributed by atoms with Gasteiger partial charge < -0.3 is 9.84 Å². The van der Waals surface area contributed by atoms with Gasteiger partial charge in [0, 0.05) is 4.47 Å². The topological polar surface area (TPSA) is 29.5 Å². The van der Waals surface area contributed by atoms with E-state index in [0.29, 0.717) is 6.61 Å². The number of aliphatic hydroxyl groups is 1. The van der Waals surface area contributed by atoms with Gasteiger partial charge in [-0.2, -0.15) is 0 Å². The molecule has 0 spiro atoms. The van der Waals surface area contributed by atoms with Gasteiger partial charge in [0.15, 0.2) is 0 Å². The molecule has 1 aromatic carbocycles. The zero-order chi connectivity index (χ0) is 10.4. The maximum absolute atomic E-state index is 8.63. The molecule has 0 aliphatic carbocycles. The fourth-order valence-electron chi connectivity index (χ4n) is 1.08. The molecule has 0 fully saturated rings. The lowest BCUT2D eigenvalue weighted by Gasteiger charge is -2.04. The van der Waals surface area contributed by atoms with Gasteiger partial charge in [0.2, 0.25) is 0 Å². The highest BCUT2D eigenvalue weighted by atomic mass is 79.9. The van der Waals surface area contributed by atoms with Gasteiger partial charge in [-0.05, 0) is 24.6 Å². The number of ether oxygens (including phenoxy) is 1. The number of aliphatic hydroxyl groups excluding tert-OH is 1. The SMILES string of the molecule is CCOc1ccc(C=CCO)c(Br)c1. The zero-order valence-electron chi connectivity index (χ0n) is 8.03. The van der Waals surface area contributed by atoms with Crippen LogP contribution in [0.5, 0.6) is 5.75 Å². The first kappa shape index (κ1) is 11.3. The molecule has 0 saturated carbocycles. The highest BCUT2D eigenvalue weighted by Crippen LogP contribution is 2.24. The third-order valence-corrected chi connectivity index (χ3v) is 2.37. The van der Waals surface area contributed by atoms with Gasteiger partial charge in [-0.25, -0.2) is 0 Å². The second-order valence-electron chi connectivity index (χ2n) is 2.70. The molecule has 0 amide bonds. The van der Waals surface area contributed by atoms with E-state index in [1.165, 1.54) is 0 Å². The molecule has 0 atom stereocenters. The van der Waals surface area contributed by atoms with Gasteiger partial charge >= 0.3 is 0 Å². The van der Waals surface area contributed by atoms with E-state index in [4.69, 9.17) is 9.84 Å². The molecular weight excluding hydrogens is 244 g/mol. The van der Waals surface area contributed by atoms with Crippen molar-refractivity contribution < 1.29 is 9.84 Å². The van der Waals surface area contributed by atoms with Crippen molar-refractivity contribution in [3.63, 3.8) is 0 Å². The molecule has 0 bridgehead atoms. The molecule has 1 aromatic rings. The van der Waals surface area contributed by atoms with E-state index in [2.05, 4.69) is 15.9 Å². The Kier molecular flexibility index (Phi) is 4.70. The van der Waals surface area contributed by atoms with Gasteiger partial charge in [-0.3, -0.25) is 0 Å². The van der Waals surface area contributed by atoms with Crippen molar-refractivity contribution in [3.8, 4) is 5.75 Å². The van der Waals surface area contributed by atoms with E-state index in [1.54, 1.807) is 6.08 Å². The van der Waals surface area contributed by atoms with Crippen LogP contribution >= 0.6 is 15.9 Å². The molecule has 3 heteroatoms. The van der Waals surface area contributed by atoms with Crippen LogP contribution in [0.15, 0.2) is 28.7 Å². The number of hydrogen-bond donors (Lipinski definition) is 1. The lowest BCUT2D eigenvalue weighted by molar-refractivity contribution is 0.340. The third-order valence-electron chi connectivity index (χ3n) is 1.69. The zero-order valence-corrected chi connectivity index (χ0v) is 9.62. The van der Waals surface area contributed by atoms with Crippen LogP contribution in [0.4, 0.5) is 0 Å². The highest BCUT2D eigenvalue weighted by Gasteiger charge is 1.98. The molecule has 0 radical (unpaired) electrons. The fourth-order valence-corrected chi connectivity index (χ4v) is 1.57. The number of hydrogen-bond acceptors (Lipinski definition) is 2. The van der Waals surface area contributed by atoms with Crippen LogP contribution in [0.2, 0.25) is 0 Å². The van der Waals surface area contributed by atoms with Gasteiger partial charge in [-0.15, -0.1) is 0 Å². The minimum absolute atomic E-state index is 0.0552. The molecule has 0 aliphatic heterocycles. The molecule has 0 aliphatic rings. The predicted molar refractivity (Wildman–Crippen MR) is 61.4 cm³/mol. The van der Waals surface area contributed by atoms with Gasteiger partial charge in [0.05, 0.1) is 13.2 Å². The first-order valence-corrected chi connectivity index (χ1v) is 5.27. The Bertz CT molecular complexity index is 321. The summed E-state index contributed by atoms with van der Waals surface area (Å²) in [7, 11) is 0. The molecule has 1 rings (SSSR count). The number of halogens is 1.